The van der Waals surface area contributed by atoms with E-state index in [9.17, 15) is 9.90 Å². The van der Waals surface area contributed by atoms with Crippen LogP contribution in [0.1, 0.15) is 37.8 Å². The topological polar surface area (TPSA) is 131 Å². The van der Waals surface area contributed by atoms with Crippen LogP contribution in [0.2, 0.25) is 0 Å². The summed E-state index contributed by atoms with van der Waals surface area (Å²) in [5, 5.41) is 26.3. The van der Waals surface area contributed by atoms with Gasteiger partial charge in [-0.1, -0.05) is 37.1 Å². The Labute approximate surface area is 197 Å². The van der Waals surface area contributed by atoms with Gasteiger partial charge < -0.3 is 20.3 Å². The lowest BCUT2D eigenvalue weighted by Crippen LogP contribution is -2.34. The highest BCUT2D eigenvalue weighted by Gasteiger charge is 2.18. The van der Waals surface area contributed by atoms with E-state index in [1.165, 1.54) is 0 Å². The number of nitrogens with zero attached hydrogens (tertiary/aromatic N) is 5. The molecular formula is C24H29N7O3. The minimum atomic E-state index is -1.29. The third-order valence-electron chi connectivity index (χ3n) is 5.58. The number of hydrogen-bond acceptors (Lipinski definition) is 8. The molecular weight excluding hydrogens is 434 g/mol. The molecule has 1 atom stereocenters. The lowest BCUT2D eigenvalue weighted by molar-refractivity contribution is -0.123. The second-order valence-electron chi connectivity index (χ2n) is 8.22. The molecule has 0 saturated carbocycles. The molecule has 0 aliphatic heterocycles. The Bertz CT molecular complexity index is 1280. The Hall–Kier alpha value is -3.79. The number of anilines is 2. The van der Waals surface area contributed by atoms with Gasteiger partial charge in [0.05, 0.1) is 6.54 Å². The quantitative estimate of drug-likeness (QED) is 0.305. The summed E-state index contributed by atoms with van der Waals surface area (Å²) in [7, 11) is 1.85. The molecule has 3 N–H and O–H groups in total. The Morgan fingerprint density at radius 2 is 2.09 bits per heavy atom. The highest BCUT2D eigenvalue weighted by Crippen LogP contribution is 2.26. The zero-order valence-electron chi connectivity index (χ0n) is 19.6. The molecule has 3 aromatic heterocycles. The molecule has 1 amide bonds. The van der Waals surface area contributed by atoms with Crippen LogP contribution in [-0.2, 0) is 18.3 Å². The van der Waals surface area contributed by atoms with Gasteiger partial charge >= 0.3 is 0 Å². The number of benzene rings is 1. The van der Waals surface area contributed by atoms with Gasteiger partial charge in [-0.3, -0.25) is 9.48 Å². The summed E-state index contributed by atoms with van der Waals surface area (Å²) in [4.78, 5) is 21.2. The zero-order chi connectivity index (χ0) is 24.1. The number of amides is 1. The Morgan fingerprint density at radius 1 is 1.24 bits per heavy atom. The molecule has 0 fully saturated rings. The van der Waals surface area contributed by atoms with Gasteiger partial charge in [0.25, 0.3) is 5.91 Å². The minimum Gasteiger partial charge on any atom is -0.381 e. The number of aliphatic hydroxyl groups is 1. The molecule has 178 valence electrons. The van der Waals surface area contributed by atoms with E-state index in [-0.39, 0.29) is 6.54 Å². The molecule has 3 heterocycles. The molecule has 0 spiro atoms. The molecule has 0 bridgehead atoms. The number of hydrogen-bond donors (Lipinski definition) is 3. The summed E-state index contributed by atoms with van der Waals surface area (Å²) in [6, 6.07) is 9.47. The number of aliphatic hydroxyl groups excluding tert-OH is 1. The first-order valence-electron chi connectivity index (χ1n) is 11.4. The Balaban J connectivity index is 1.41. The number of carbonyl (C=O) groups excluding carboxylic acids is 1. The van der Waals surface area contributed by atoms with E-state index < -0.39 is 12.0 Å². The van der Waals surface area contributed by atoms with Gasteiger partial charge in [0.1, 0.15) is 11.9 Å². The number of rotatable bonds is 10. The van der Waals surface area contributed by atoms with Crippen molar-refractivity contribution in [1.82, 2.24) is 24.9 Å². The number of pyridine rings is 1. The largest absolute Gasteiger partial charge is 0.381 e. The number of aryl methyl sites for hydroxylation is 3. The highest BCUT2D eigenvalue weighted by molar-refractivity contribution is 5.96. The predicted octanol–water partition coefficient (Wildman–Crippen LogP) is 3.47. The summed E-state index contributed by atoms with van der Waals surface area (Å²) >= 11 is 0. The molecule has 1 unspecified atom stereocenters. The van der Waals surface area contributed by atoms with E-state index in [0.717, 1.165) is 47.7 Å². The van der Waals surface area contributed by atoms with Gasteiger partial charge in [-0.15, -0.1) is 0 Å². The maximum absolute atomic E-state index is 12.5. The van der Waals surface area contributed by atoms with Crippen LogP contribution in [0.4, 0.5) is 11.6 Å². The fourth-order valence-electron chi connectivity index (χ4n) is 3.72. The molecule has 0 aliphatic carbocycles. The van der Waals surface area contributed by atoms with Crippen LogP contribution >= 0.6 is 0 Å². The van der Waals surface area contributed by atoms with Crippen molar-refractivity contribution in [3.8, 4) is 11.4 Å². The van der Waals surface area contributed by atoms with Gasteiger partial charge in [0, 0.05) is 42.9 Å². The molecule has 0 radical (unpaired) electrons. The van der Waals surface area contributed by atoms with Gasteiger partial charge in [-0.05, 0) is 30.4 Å². The van der Waals surface area contributed by atoms with Crippen LogP contribution in [0.25, 0.3) is 22.2 Å². The van der Waals surface area contributed by atoms with Crippen molar-refractivity contribution in [2.24, 2.45) is 7.05 Å². The molecule has 10 nitrogen and oxygen atoms in total. The molecule has 10 heteroatoms. The number of fused-ring (bicyclic) bond motifs is 1. The summed E-state index contributed by atoms with van der Waals surface area (Å²) in [5.41, 5.74) is 1.83. The van der Waals surface area contributed by atoms with Crippen LogP contribution in [0.15, 0.2) is 41.1 Å². The van der Waals surface area contributed by atoms with E-state index in [4.69, 9.17) is 4.52 Å². The summed E-state index contributed by atoms with van der Waals surface area (Å²) in [5.74, 6) is 1.41. The summed E-state index contributed by atoms with van der Waals surface area (Å²) < 4.78 is 6.83. The van der Waals surface area contributed by atoms with Crippen LogP contribution in [0, 0.1) is 6.92 Å². The standard InChI is InChI=1S/C24H29N7O3/c1-4-5-6-7-18-13-21(29-31(18)3)28-24(33)20(32)14-26-23-19-12-17(22-27-15(2)34-30-22)9-8-16(19)10-11-25-23/h8-13,20,32H,4-7,14H2,1-3H3,(H,25,26)(H,28,29,33). The predicted molar refractivity (Wildman–Crippen MR) is 129 cm³/mol. The first-order valence-corrected chi connectivity index (χ1v) is 11.4. The second-order valence-corrected chi connectivity index (χ2v) is 8.22. The van der Waals surface area contributed by atoms with Crippen LogP contribution < -0.4 is 10.6 Å². The first kappa shape index (κ1) is 23.4. The van der Waals surface area contributed by atoms with Gasteiger partial charge in [-0.25, -0.2) is 4.98 Å². The lowest BCUT2D eigenvalue weighted by Gasteiger charge is -2.13. The van der Waals surface area contributed by atoms with Crippen molar-refractivity contribution in [3.63, 3.8) is 0 Å². The summed E-state index contributed by atoms with van der Waals surface area (Å²) in [6.45, 7) is 3.88. The monoisotopic (exact) mass is 463 g/mol. The smallest absolute Gasteiger partial charge is 0.256 e. The fourth-order valence-corrected chi connectivity index (χ4v) is 3.72. The van der Waals surface area contributed by atoms with Crippen molar-refractivity contribution in [1.29, 1.82) is 0 Å². The molecule has 1 aromatic carbocycles. The first-order chi connectivity index (χ1) is 16.4. The Kier molecular flexibility index (Phi) is 7.17. The summed E-state index contributed by atoms with van der Waals surface area (Å²) in [6.07, 6.45) is 4.64. The fraction of sp³-hybridized carbons (Fsp3) is 0.375. The highest BCUT2D eigenvalue weighted by atomic mass is 16.5. The maximum Gasteiger partial charge on any atom is 0.256 e. The molecule has 4 aromatic rings. The van der Waals surface area contributed by atoms with Crippen molar-refractivity contribution >= 4 is 28.3 Å². The zero-order valence-corrected chi connectivity index (χ0v) is 19.6. The van der Waals surface area contributed by atoms with Crippen LogP contribution in [0.3, 0.4) is 0 Å². The molecule has 0 saturated heterocycles. The number of aromatic nitrogens is 5. The molecule has 4 rings (SSSR count). The number of nitrogens with one attached hydrogen (secondary N) is 2. The lowest BCUT2D eigenvalue weighted by atomic mass is 10.1. The van der Waals surface area contributed by atoms with Crippen molar-refractivity contribution in [2.45, 2.75) is 45.6 Å². The van der Waals surface area contributed by atoms with Gasteiger partial charge in [0.15, 0.2) is 5.82 Å². The minimum absolute atomic E-state index is 0.0142. The third-order valence-corrected chi connectivity index (χ3v) is 5.58. The van der Waals surface area contributed by atoms with E-state index in [1.807, 2.05) is 37.4 Å². The second kappa shape index (κ2) is 10.4. The third kappa shape index (κ3) is 5.40. The maximum atomic E-state index is 12.5. The Morgan fingerprint density at radius 3 is 2.85 bits per heavy atom. The van der Waals surface area contributed by atoms with E-state index in [1.54, 1.807) is 17.8 Å². The average Bonchev–Trinajstić information content (AvgIpc) is 3.42. The van der Waals surface area contributed by atoms with Gasteiger partial charge in [0.2, 0.25) is 11.7 Å². The number of carbonyl (C=O) groups is 1. The number of unbranched alkanes of at least 4 members (excludes halogenated alkanes) is 2. The SMILES string of the molecule is CCCCCc1cc(NC(=O)C(O)CNc2nccc3ccc(-c4noc(C)n4)cc23)nn1C. The van der Waals surface area contributed by atoms with Crippen molar-refractivity contribution < 1.29 is 14.4 Å². The van der Waals surface area contributed by atoms with Gasteiger partial charge in [-0.2, -0.15) is 10.1 Å². The van der Waals surface area contributed by atoms with E-state index in [2.05, 4.69) is 37.8 Å². The molecule has 0 aliphatic rings. The normalized spacial score (nSPS) is 12.1. The van der Waals surface area contributed by atoms with E-state index >= 15 is 0 Å². The molecule has 34 heavy (non-hydrogen) atoms. The van der Waals surface area contributed by atoms with Crippen molar-refractivity contribution in [3.05, 3.63) is 48.1 Å². The van der Waals surface area contributed by atoms with Crippen molar-refractivity contribution in [2.75, 3.05) is 17.2 Å². The van der Waals surface area contributed by atoms with Crippen LogP contribution in [0.5, 0.6) is 0 Å². The average molecular weight is 464 g/mol. The van der Waals surface area contributed by atoms with Crippen LogP contribution in [-0.4, -0.2) is 48.6 Å². The van der Waals surface area contributed by atoms with E-state index in [0.29, 0.717) is 23.4 Å².